The minimum Gasteiger partial charge on any atom is -0.197 e. The van der Waals surface area contributed by atoms with Crippen molar-refractivity contribution in [1.29, 1.82) is 0 Å². The quantitative estimate of drug-likeness (QED) is 0.541. The van der Waals surface area contributed by atoms with Gasteiger partial charge in [0.1, 0.15) is 17.6 Å². The molecule has 2 aromatic heterocycles. The molecule has 0 aliphatic rings. The SMILES string of the molecule is Cc1ccc2n[nH]nc2c1C(C)(C)C[n+]1[nH]nc2c(C(C)C)c(C)ccc21. The van der Waals surface area contributed by atoms with Gasteiger partial charge in [-0.3, -0.25) is 0 Å². The summed E-state index contributed by atoms with van der Waals surface area (Å²) in [5, 5.41) is 19.3. The first kappa shape index (κ1) is 17.6. The zero-order valence-electron chi connectivity index (χ0n) is 16.9. The zero-order valence-corrected chi connectivity index (χ0v) is 16.9. The van der Waals surface area contributed by atoms with Crippen LogP contribution in [0.5, 0.6) is 0 Å². The fourth-order valence-electron chi connectivity index (χ4n) is 4.39. The number of aromatic nitrogens is 6. The Morgan fingerprint density at radius 3 is 2.44 bits per heavy atom. The van der Waals surface area contributed by atoms with E-state index in [4.69, 9.17) is 0 Å². The van der Waals surface area contributed by atoms with Crippen LogP contribution in [0, 0.1) is 13.8 Å². The number of aryl methyl sites for hydroxylation is 2. The molecule has 0 spiro atoms. The van der Waals surface area contributed by atoms with Crippen LogP contribution in [0.2, 0.25) is 0 Å². The third kappa shape index (κ3) is 2.80. The van der Waals surface area contributed by atoms with Gasteiger partial charge in [-0.25, -0.2) is 0 Å². The molecule has 2 heterocycles. The summed E-state index contributed by atoms with van der Waals surface area (Å²) >= 11 is 0. The molecule has 0 radical (unpaired) electrons. The minimum absolute atomic E-state index is 0.145. The highest BCUT2D eigenvalue weighted by Crippen LogP contribution is 2.32. The Balaban J connectivity index is 1.83. The van der Waals surface area contributed by atoms with Crippen molar-refractivity contribution in [2.45, 2.75) is 59.4 Å². The summed E-state index contributed by atoms with van der Waals surface area (Å²) in [6.45, 7) is 14.0. The molecular formula is C21H27N6+. The number of fused-ring (bicyclic) bond motifs is 2. The van der Waals surface area contributed by atoms with E-state index in [1.807, 2.05) is 6.07 Å². The lowest BCUT2D eigenvalue weighted by molar-refractivity contribution is -0.737. The number of nitrogens with zero attached hydrogens (tertiary/aromatic N) is 4. The Kier molecular flexibility index (Phi) is 4.02. The van der Waals surface area contributed by atoms with E-state index in [1.165, 1.54) is 22.3 Å². The number of benzene rings is 2. The van der Waals surface area contributed by atoms with Crippen molar-refractivity contribution in [1.82, 2.24) is 25.7 Å². The Hall–Kier alpha value is -2.76. The highest BCUT2D eigenvalue weighted by Gasteiger charge is 2.31. The van der Waals surface area contributed by atoms with E-state index in [2.05, 4.69) is 90.1 Å². The van der Waals surface area contributed by atoms with Gasteiger partial charge in [0, 0.05) is 16.1 Å². The summed E-state index contributed by atoms with van der Waals surface area (Å²) in [5.41, 5.74) is 8.97. The largest absolute Gasteiger partial charge is 0.252 e. The predicted octanol–water partition coefficient (Wildman–Crippen LogP) is 3.84. The van der Waals surface area contributed by atoms with Crippen molar-refractivity contribution in [3.8, 4) is 0 Å². The number of hydrogen-bond donors (Lipinski definition) is 2. The fraction of sp³-hybridized carbons (Fsp3) is 0.429. The van der Waals surface area contributed by atoms with E-state index in [9.17, 15) is 0 Å². The molecule has 4 aromatic rings. The van der Waals surface area contributed by atoms with Crippen LogP contribution >= 0.6 is 0 Å². The standard InChI is InChI=1S/C21H26N6/c1-12(2)17-13(3)8-10-16-20(17)24-26-27(16)11-21(5,6)18-14(4)7-9-15-19(18)23-25-22-15/h7-10,12H,11H2,1-6H3,(H,22,23,25)/p+1. The summed E-state index contributed by atoms with van der Waals surface area (Å²) in [7, 11) is 0. The van der Waals surface area contributed by atoms with Crippen molar-refractivity contribution < 1.29 is 4.68 Å². The molecule has 0 unspecified atom stereocenters. The topological polar surface area (TPSA) is 74.1 Å². The van der Waals surface area contributed by atoms with E-state index in [0.29, 0.717) is 5.92 Å². The third-order valence-corrected chi connectivity index (χ3v) is 5.49. The van der Waals surface area contributed by atoms with Crippen molar-refractivity contribution in [3.63, 3.8) is 0 Å². The fourth-order valence-corrected chi connectivity index (χ4v) is 4.39. The molecule has 4 rings (SSSR count). The first-order valence-corrected chi connectivity index (χ1v) is 9.47. The Morgan fingerprint density at radius 1 is 0.963 bits per heavy atom. The van der Waals surface area contributed by atoms with Crippen LogP contribution in [-0.2, 0) is 12.0 Å². The highest BCUT2D eigenvalue weighted by molar-refractivity contribution is 5.80. The van der Waals surface area contributed by atoms with Gasteiger partial charge in [0.05, 0.1) is 0 Å². The van der Waals surface area contributed by atoms with Gasteiger partial charge in [0.25, 0.3) is 5.52 Å². The molecule has 0 aliphatic heterocycles. The maximum absolute atomic E-state index is 4.66. The van der Waals surface area contributed by atoms with Crippen molar-refractivity contribution >= 4 is 22.1 Å². The molecule has 2 aromatic carbocycles. The van der Waals surface area contributed by atoms with E-state index in [-0.39, 0.29) is 5.41 Å². The van der Waals surface area contributed by atoms with Gasteiger partial charge in [-0.2, -0.15) is 20.1 Å². The van der Waals surface area contributed by atoms with Gasteiger partial charge < -0.3 is 0 Å². The van der Waals surface area contributed by atoms with E-state index < -0.39 is 0 Å². The third-order valence-electron chi connectivity index (χ3n) is 5.49. The smallest absolute Gasteiger partial charge is 0.197 e. The van der Waals surface area contributed by atoms with Crippen molar-refractivity contribution in [2.75, 3.05) is 0 Å². The lowest BCUT2D eigenvalue weighted by Gasteiger charge is -2.25. The average molecular weight is 363 g/mol. The second-order valence-electron chi connectivity index (χ2n) is 8.45. The summed E-state index contributed by atoms with van der Waals surface area (Å²) in [6, 6.07) is 8.50. The normalized spacial score (nSPS) is 12.6. The van der Waals surface area contributed by atoms with Gasteiger partial charge in [0.2, 0.25) is 5.52 Å². The summed E-state index contributed by atoms with van der Waals surface area (Å²) < 4.78 is 2.15. The summed E-state index contributed by atoms with van der Waals surface area (Å²) in [5.74, 6) is 0.435. The molecular weight excluding hydrogens is 336 g/mol. The molecule has 0 atom stereocenters. The van der Waals surface area contributed by atoms with E-state index in [1.54, 1.807) is 0 Å². The molecule has 140 valence electrons. The number of hydrogen-bond acceptors (Lipinski definition) is 3. The Morgan fingerprint density at radius 2 is 1.70 bits per heavy atom. The number of H-pyrrole nitrogens is 2. The maximum atomic E-state index is 4.66. The first-order valence-electron chi connectivity index (χ1n) is 9.47. The van der Waals surface area contributed by atoms with Crippen LogP contribution in [0.15, 0.2) is 24.3 Å². The van der Waals surface area contributed by atoms with Crippen LogP contribution in [0.1, 0.15) is 55.9 Å². The van der Waals surface area contributed by atoms with Gasteiger partial charge in [-0.15, -0.1) is 0 Å². The summed E-state index contributed by atoms with van der Waals surface area (Å²) in [4.78, 5) is 0. The molecule has 0 fully saturated rings. The molecule has 6 heteroatoms. The number of nitrogens with one attached hydrogen (secondary N) is 2. The first-order chi connectivity index (χ1) is 12.8. The average Bonchev–Trinajstić information content (AvgIpc) is 3.20. The maximum Gasteiger partial charge on any atom is 0.252 e. The van der Waals surface area contributed by atoms with Crippen LogP contribution in [0.25, 0.3) is 22.1 Å². The number of aromatic amines is 2. The Labute approximate surface area is 159 Å². The lowest BCUT2D eigenvalue weighted by Crippen LogP contribution is -2.45. The van der Waals surface area contributed by atoms with Gasteiger partial charge in [0.15, 0.2) is 0 Å². The molecule has 0 aliphatic carbocycles. The zero-order chi connectivity index (χ0) is 19.3. The lowest BCUT2D eigenvalue weighted by atomic mass is 9.81. The van der Waals surface area contributed by atoms with Crippen LogP contribution in [-0.4, -0.2) is 25.7 Å². The monoisotopic (exact) mass is 363 g/mol. The molecule has 0 saturated heterocycles. The molecule has 0 saturated carbocycles. The van der Waals surface area contributed by atoms with Gasteiger partial charge in [-0.05, 0) is 48.6 Å². The molecule has 0 bridgehead atoms. The molecule has 2 N–H and O–H groups in total. The number of rotatable bonds is 4. The second kappa shape index (κ2) is 6.15. The van der Waals surface area contributed by atoms with Crippen LogP contribution in [0.4, 0.5) is 0 Å². The van der Waals surface area contributed by atoms with Crippen LogP contribution < -0.4 is 4.68 Å². The Bertz CT molecular complexity index is 1130. The van der Waals surface area contributed by atoms with E-state index >= 15 is 0 Å². The van der Waals surface area contributed by atoms with Gasteiger partial charge in [-0.1, -0.05) is 45.0 Å². The second-order valence-corrected chi connectivity index (χ2v) is 8.45. The van der Waals surface area contributed by atoms with Crippen LogP contribution in [0.3, 0.4) is 0 Å². The summed E-state index contributed by atoms with van der Waals surface area (Å²) in [6.07, 6.45) is 0. The highest BCUT2D eigenvalue weighted by atomic mass is 15.4. The molecule has 27 heavy (non-hydrogen) atoms. The van der Waals surface area contributed by atoms with Crippen molar-refractivity contribution in [2.24, 2.45) is 0 Å². The molecule has 0 amide bonds. The van der Waals surface area contributed by atoms with E-state index in [0.717, 1.165) is 28.6 Å². The minimum atomic E-state index is -0.145. The van der Waals surface area contributed by atoms with Gasteiger partial charge >= 0.3 is 0 Å². The molecule has 6 nitrogen and oxygen atoms in total. The van der Waals surface area contributed by atoms with Crippen molar-refractivity contribution in [3.05, 3.63) is 46.5 Å². The predicted molar refractivity (Wildman–Crippen MR) is 107 cm³/mol.